The van der Waals surface area contributed by atoms with Crippen molar-refractivity contribution in [2.75, 3.05) is 5.32 Å². The number of hydrogen-bond donors (Lipinski definition) is 1. The van der Waals surface area contributed by atoms with Crippen LogP contribution in [0.4, 0.5) is 5.13 Å². The lowest BCUT2D eigenvalue weighted by Gasteiger charge is -2.31. The molecule has 0 spiro atoms. The van der Waals surface area contributed by atoms with Crippen molar-refractivity contribution in [3.63, 3.8) is 0 Å². The molecular weight excluding hydrogens is 417 g/mol. The molecule has 0 saturated heterocycles. The van der Waals surface area contributed by atoms with Crippen molar-refractivity contribution in [2.24, 2.45) is 5.92 Å². The molecule has 1 aliphatic carbocycles. The summed E-state index contributed by atoms with van der Waals surface area (Å²) in [4.78, 5) is 32.0. The molecule has 1 aromatic carbocycles. The van der Waals surface area contributed by atoms with E-state index in [0.29, 0.717) is 38.9 Å². The number of thiazole rings is 1. The van der Waals surface area contributed by atoms with Crippen LogP contribution in [0.3, 0.4) is 0 Å². The van der Waals surface area contributed by atoms with Gasteiger partial charge in [0.25, 0.3) is 5.91 Å². The highest BCUT2D eigenvalue weighted by molar-refractivity contribution is 7.19. The quantitative estimate of drug-likeness (QED) is 0.682. The van der Waals surface area contributed by atoms with Crippen LogP contribution in [0.2, 0.25) is 9.36 Å². The Balaban J connectivity index is 1.58. The van der Waals surface area contributed by atoms with E-state index in [9.17, 15) is 9.59 Å². The van der Waals surface area contributed by atoms with Crippen LogP contribution in [0.15, 0.2) is 24.4 Å². The Hall–Kier alpha value is -1.63. The topological polar surface area (TPSA) is 62.3 Å². The first-order chi connectivity index (χ1) is 13.5. The SMILES string of the molecule is O=C(Nc1ncc(Cl)s1)C(CC1CCCCC1)N1Cc2c(Cl)cccc2C1=O. The van der Waals surface area contributed by atoms with Crippen molar-refractivity contribution in [3.8, 4) is 0 Å². The fourth-order valence-electron chi connectivity index (χ4n) is 4.18. The number of nitrogens with one attached hydrogen (secondary N) is 1. The average molecular weight is 438 g/mol. The molecule has 148 valence electrons. The van der Waals surface area contributed by atoms with Gasteiger partial charge in [-0.3, -0.25) is 9.59 Å². The van der Waals surface area contributed by atoms with E-state index in [2.05, 4.69) is 10.3 Å². The van der Waals surface area contributed by atoms with Gasteiger partial charge in [0.15, 0.2) is 5.13 Å². The lowest BCUT2D eigenvalue weighted by Crippen LogP contribution is -2.45. The van der Waals surface area contributed by atoms with E-state index in [4.69, 9.17) is 23.2 Å². The minimum Gasteiger partial charge on any atom is -0.322 e. The summed E-state index contributed by atoms with van der Waals surface area (Å²) in [6.07, 6.45) is 7.97. The van der Waals surface area contributed by atoms with Crippen LogP contribution >= 0.6 is 34.5 Å². The predicted octanol–water partition coefficient (Wildman–Crippen LogP) is 5.38. The van der Waals surface area contributed by atoms with Gasteiger partial charge in [0.2, 0.25) is 5.91 Å². The van der Waals surface area contributed by atoms with Crippen LogP contribution in [0, 0.1) is 5.92 Å². The lowest BCUT2D eigenvalue weighted by atomic mass is 9.84. The maximum atomic E-state index is 13.1. The summed E-state index contributed by atoms with van der Waals surface area (Å²) < 4.78 is 0.510. The molecule has 2 amide bonds. The predicted molar refractivity (Wildman–Crippen MR) is 112 cm³/mol. The van der Waals surface area contributed by atoms with Crippen molar-refractivity contribution in [1.82, 2.24) is 9.88 Å². The summed E-state index contributed by atoms with van der Waals surface area (Å²) in [6.45, 7) is 0.358. The van der Waals surface area contributed by atoms with Gasteiger partial charge in [0.1, 0.15) is 10.4 Å². The second kappa shape index (κ2) is 8.39. The molecule has 1 unspecified atom stereocenters. The molecule has 0 radical (unpaired) electrons. The summed E-state index contributed by atoms with van der Waals surface area (Å²) in [5.74, 6) is 0.0934. The third kappa shape index (κ3) is 4.04. The van der Waals surface area contributed by atoms with E-state index in [1.807, 2.05) is 0 Å². The van der Waals surface area contributed by atoms with Crippen molar-refractivity contribution >= 4 is 51.5 Å². The molecule has 5 nitrogen and oxygen atoms in total. The fourth-order valence-corrected chi connectivity index (χ4v) is 5.23. The lowest BCUT2D eigenvalue weighted by molar-refractivity contribution is -0.121. The highest BCUT2D eigenvalue weighted by atomic mass is 35.5. The minimum atomic E-state index is -0.554. The van der Waals surface area contributed by atoms with Gasteiger partial charge in [0.05, 0.1) is 6.20 Å². The standard InChI is InChI=1S/C20H21Cl2N3O2S/c21-15-8-4-7-13-14(15)11-25(19(13)27)16(9-12-5-2-1-3-6-12)18(26)24-20-23-10-17(22)28-20/h4,7-8,10,12,16H,1-3,5-6,9,11H2,(H,23,24,26). The number of carbonyl (C=O) groups is 2. The van der Waals surface area contributed by atoms with Gasteiger partial charge in [-0.1, -0.05) is 72.7 Å². The number of nitrogens with zero attached hydrogens (tertiary/aromatic N) is 2. The molecule has 2 aromatic rings. The number of fused-ring (bicyclic) bond motifs is 1. The fraction of sp³-hybridized carbons (Fsp3) is 0.450. The van der Waals surface area contributed by atoms with E-state index in [1.165, 1.54) is 36.8 Å². The van der Waals surface area contributed by atoms with Gasteiger partial charge in [-0.05, 0) is 24.5 Å². The van der Waals surface area contributed by atoms with E-state index in [0.717, 1.165) is 18.4 Å². The van der Waals surface area contributed by atoms with Crippen LogP contribution in [0.1, 0.15) is 54.4 Å². The molecule has 1 aliphatic heterocycles. The first kappa shape index (κ1) is 19.7. The second-order valence-corrected chi connectivity index (χ2v) is 9.48. The Morgan fingerprint density at radius 2 is 2.07 bits per heavy atom. The van der Waals surface area contributed by atoms with Gasteiger partial charge in [-0.25, -0.2) is 4.98 Å². The summed E-state index contributed by atoms with van der Waals surface area (Å²) in [5, 5.41) is 3.86. The van der Waals surface area contributed by atoms with E-state index >= 15 is 0 Å². The Morgan fingerprint density at radius 1 is 1.29 bits per heavy atom. The first-order valence-electron chi connectivity index (χ1n) is 9.53. The molecule has 8 heteroatoms. The molecule has 1 atom stereocenters. The molecule has 0 bridgehead atoms. The first-order valence-corrected chi connectivity index (χ1v) is 11.1. The molecule has 2 heterocycles. The van der Waals surface area contributed by atoms with Crippen LogP contribution < -0.4 is 5.32 Å². The monoisotopic (exact) mass is 437 g/mol. The molecule has 1 aromatic heterocycles. The van der Waals surface area contributed by atoms with Gasteiger partial charge >= 0.3 is 0 Å². The molecule has 4 rings (SSSR count). The van der Waals surface area contributed by atoms with E-state index < -0.39 is 6.04 Å². The number of hydrogen-bond acceptors (Lipinski definition) is 4. The smallest absolute Gasteiger partial charge is 0.255 e. The number of halogens is 2. The number of anilines is 1. The highest BCUT2D eigenvalue weighted by Gasteiger charge is 2.38. The van der Waals surface area contributed by atoms with Gasteiger partial charge in [0, 0.05) is 22.7 Å². The molecule has 1 fully saturated rings. The zero-order valence-corrected chi connectivity index (χ0v) is 17.6. The number of rotatable bonds is 5. The molecule has 1 N–H and O–H groups in total. The summed E-state index contributed by atoms with van der Waals surface area (Å²) in [7, 11) is 0. The van der Waals surface area contributed by atoms with Crippen LogP contribution in [-0.2, 0) is 11.3 Å². The maximum Gasteiger partial charge on any atom is 0.255 e. The van der Waals surface area contributed by atoms with Crippen molar-refractivity contribution < 1.29 is 9.59 Å². The van der Waals surface area contributed by atoms with Crippen molar-refractivity contribution in [2.45, 2.75) is 51.1 Å². The number of amides is 2. The molecule has 28 heavy (non-hydrogen) atoms. The molecular formula is C20H21Cl2N3O2S. The van der Waals surface area contributed by atoms with Crippen LogP contribution in [0.5, 0.6) is 0 Å². The zero-order chi connectivity index (χ0) is 19.7. The molecule has 1 saturated carbocycles. The maximum absolute atomic E-state index is 13.1. The Labute approximate surface area is 178 Å². The van der Waals surface area contributed by atoms with E-state index in [-0.39, 0.29) is 11.8 Å². The van der Waals surface area contributed by atoms with Gasteiger partial charge < -0.3 is 10.2 Å². The Kier molecular flexibility index (Phi) is 5.90. The Morgan fingerprint density at radius 3 is 2.75 bits per heavy atom. The third-order valence-electron chi connectivity index (χ3n) is 5.61. The van der Waals surface area contributed by atoms with Gasteiger partial charge in [-0.2, -0.15) is 0 Å². The number of carbonyl (C=O) groups excluding carboxylic acids is 2. The third-order valence-corrected chi connectivity index (χ3v) is 6.99. The zero-order valence-electron chi connectivity index (χ0n) is 15.3. The summed E-state index contributed by atoms with van der Waals surface area (Å²) in [6, 6.07) is 4.78. The average Bonchev–Trinajstić information content (AvgIpc) is 3.25. The number of benzene rings is 1. The van der Waals surface area contributed by atoms with Gasteiger partial charge in [-0.15, -0.1) is 0 Å². The second-order valence-electron chi connectivity index (χ2n) is 7.41. The largest absolute Gasteiger partial charge is 0.322 e. The van der Waals surface area contributed by atoms with Crippen molar-refractivity contribution in [1.29, 1.82) is 0 Å². The minimum absolute atomic E-state index is 0.134. The highest BCUT2D eigenvalue weighted by Crippen LogP contribution is 2.35. The Bertz CT molecular complexity index is 895. The van der Waals surface area contributed by atoms with Crippen LogP contribution in [-0.4, -0.2) is 27.7 Å². The summed E-state index contributed by atoms with van der Waals surface area (Å²) in [5.41, 5.74) is 1.39. The molecule has 2 aliphatic rings. The van der Waals surface area contributed by atoms with Crippen LogP contribution in [0.25, 0.3) is 0 Å². The van der Waals surface area contributed by atoms with E-state index in [1.54, 1.807) is 23.1 Å². The normalized spacial score (nSPS) is 18.2. The summed E-state index contributed by atoms with van der Waals surface area (Å²) >= 11 is 13.5. The van der Waals surface area contributed by atoms with Crippen molar-refractivity contribution in [3.05, 3.63) is 44.9 Å². The number of aromatic nitrogens is 1.